The fraction of sp³-hybridized carbons (Fsp3) is 0.318. The quantitative estimate of drug-likeness (QED) is 0.378. The second kappa shape index (κ2) is 9.66. The van der Waals surface area contributed by atoms with Crippen LogP contribution in [0.4, 0.5) is 5.69 Å². The minimum Gasteiger partial charge on any atom is -0.495 e. The Kier molecular flexibility index (Phi) is 7.20. The molecule has 0 spiro atoms. The Labute approximate surface area is 188 Å². The second-order valence-electron chi connectivity index (χ2n) is 7.41. The van der Waals surface area contributed by atoms with Crippen molar-refractivity contribution >= 4 is 50.2 Å². The van der Waals surface area contributed by atoms with Crippen LogP contribution in [0.1, 0.15) is 19.4 Å². The Bertz CT molecular complexity index is 1140. The monoisotopic (exact) mass is 489 g/mol. The fourth-order valence-electron chi connectivity index (χ4n) is 3.04. The summed E-state index contributed by atoms with van der Waals surface area (Å²) in [5.41, 5.74) is 2.16. The summed E-state index contributed by atoms with van der Waals surface area (Å²) in [4.78, 5) is 30.3. The van der Waals surface area contributed by atoms with E-state index < -0.39 is 0 Å². The number of hydrogen-bond donors (Lipinski definition) is 1. The number of thioether (sulfide) groups is 1. The molecule has 8 heteroatoms. The zero-order chi connectivity index (χ0) is 21.8. The number of anilines is 1. The van der Waals surface area contributed by atoms with E-state index in [4.69, 9.17) is 4.74 Å². The van der Waals surface area contributed by atoms with E-state index in [-0.39, 0.29) is 23.1 Å². The lowest BCUT2D eigenvalue weighted by molar-refractivity contribution is -0.113. The van der Waals surface area contributed by atoms with Crippen LogP contribution >= 0.6 is 27.7 Å². The van der Waals surface area contributed by atoms with Crippen LogP contribution in [-0.2, 0) is 11.3 Å². The van der Waals surface area contributed by atoms with Crippen LogP contribution in [0.2, 0.25) is 0 Å². The Balaban J connectivity index is 1.86. The number of methoxy groups -OCH3 is 1. The van der Waals surface area contributed by atoms with Gasteiger partial charge in [0.15, 0.2) is 5.16 Å². The first-order valence-corrected chi connectivity index (χ1v) is 11.3. The van der Waals surface area contributed by atoms with E-state index in [0.717, 1.165) is 10.0 Å². The summed E-state index contributed by atoms with van der Waals surface area (Å²) in [7, 11) is 1.57. The second-order valence-corrected chi connectivity index (χ2v) is 9.26. The molecule has 0 fully saturated rings. The van der Waals surface area contributed by atoms with Crippen LogP contribution in [0.25, 0.3) is 10.9 Å². The van der Waals surface area contributed by atoms with Gasteiger partial charge in [-0.05, 0) is 48.7 Å². The minimum absolute atomic E-state index is 0.0988. The first-order chi connectivity index (χ1) is 14.3. The van der Waals surface area contributed by atoms with Crippen LogP contribution in [0, 0.1) is 12.8 Å². The van der Waals surface area contributed by atoms with Crippen molar-refractivity contribution in [1.29, 1.82) is 0 Å². The number of carbonyl (C=O) groups excluding carboxylic acids is 1. The number of nitrogens with one attached hydrogen (secondary N) is 1. The van der Waals surface area contributed by atoms with Gasteiger partial charge in [-0.25, -0.2) is 4.98 Å². The maximum atomic E-state index is 13.1. The molecule has 0 saturated carbocycles. The maximum Gasteiger partial charge on any atom is 0.262 e. The predicted molar refractivity (Wildman–Crippen MR) is 126 cm³/mol. The number of aromatic nitrogens is 2. The Hall–Kier alpha value is -2.32. The minimum atomic E-state index is -0.190. The van der Waals surface area contributed by atoms with Crippen LogP contribution in [0.3, 0.4) is 0 Å². The molecule has 0 unspecified atom stereocenters. The largest absolute Gasteiger partial charge is 0.495 e. The van der Waals surface area contributed by atoms with Gasteiger partial charge in [-0.15, -0.1) is 0 Å². The molecule has 1 amide bonds. The number of rotatable bonds is 7. The van der Waals surface area contributed by atoms with Gasteiger partial charge < -0.3 is 10.1 Å². The molecule has 1 heterocycles. The van der Waals surface area contributed by atoms with Crippen molar-refractivity contribution in [2.24, 2.45) is 5.92 Å². The molecule has 0 radical (unpaired) electrons. The van der Waals surface area contributed by atoms with Crippen molar-refractivity contribution in [1.82, 2.24) is 9.55 Å². The van der Waals surface area contributed by atoms with E-state index in [1.54, 1.807) is 17.7 Å². The molecule has 0 aliphatic heterocycles. The molecular formula is C22H24BrN3O3S. The van der Waals surface area contributed by atoms with Gasteiger partial charge in [-0.2, -0.15) is 0 Å². The van der Waals surface area contributed by atoms with Crippen LogP contribution in [0.5, 0.6) is 5.75 Å². The van der Waals surface area contributed by atoms with Gasteiger partial charge in [-0.1, -0.05) is 47.6 Å². The van der Waals surface area contributed by atoms with E-state index in [1.165, 1.54) is 11.8 Å². The lowest BCUT2D eigenvalue weighted by atomic mass is 10.2. The highest BCUT2D eigenvalue weighted by Gasteiger charge is 2.15. The normalized spacial score (nSPS) is 11.1. The van der Waals surface area contributed by atoms with E-state index in [1.807, 2.05) is 51.1 Å². The summed E-state index contributed by atoms with van der Waals surface area (Å²) >= 11 is 4.67. The molecule has 1 aromatic heterocycles. The molecule has 3 aromatic rings. The number of nitrogens with zero attached hydrogens (tertiary/aromatic N) is 2. The van der Waals surface area contributed by atoms with Crippen LogP contribution in [0.15, 0.2) is 50.8 Å². The van der Waals surface area contributed by atoms with Gasteiger partial charge in [0.05, 0.1) is 29.5 Å². The van der Waals surface area contributed by atoms with E-state index in [0.29, 0.717) is 34.0 Å². The van der Waals surface area contributed by atoms with Gasteiger partial charge in [0.1, 0.15) is 5.75 Å². The van der Waals surface area contributed by atoms with E-state index in [9.17, 15) is 9.59 Å². The molecule has 2 aromatic carbocycles. The highest BCUT2D eigenvalue weighted by Crippen LogP contribution is 2.26. The van der Waals surface area contributed by atoms with E-state index in [2.05, 4.69) is 26.2 Å². The first kappa shape index (κ1) is 22.4. The third-order valence-electron chi connectivity index (χ3n) is 4.39. The number of halogens is 1. The topological polar surface area (TPSA) is 73.2 Å². The number of fused-ring (bicyclic) bond motifs is 1. The zero-order valence-corrected chi connectivity index (χ0v) is 19.8. The Morgan fingerprint density at radius 1 is 1.27 bits per heavy atom. The van der Waals surface area contributed by atoms with Crippen molar-refractivity contribution in [3.05, 3.63) is 56.8 Å². The van der Waals surface area contributed by atoms with Gasteiger partial charge in [0.2, 0.25) is 5.91 Å². The smallest absolute Gasteiger partial charge is 0.262 e. The van der Waals surface area contributed by atoms with Crippen LogP contribution in [-0.4, -0.2) is 28.3 Å². The molecule has 3 rings (SSSR count). The molecule has 0 aliphatic rings. The lowest BCUT2D eigenvalue weighted by Gasteiger charge is -2.15. The molecule has 1 N–H and O–H groups in total. The Morgan fingerprint density at radius 3 is 2.73 bits per heavy atom. The average Bonchev–Trinajstić information content (AvgIpc) is 2.69. The average molecular weight is 490 g/mol. The van der Waals surface area contributed by atoms with Crippen molar-refractivity contribution < 1.29 is 9.53 Å². The lowest BCUT2D eigenvalue weighted by Crippen LogP contribution is -2.26. The summed E-state index contributed by atoms with van der Waals surface area (Å²) in [6.07, 6.45) is 0. The summed E-state index contributed by atoms with van der Waals surface area (Å²) in [5, 5.41) is 3.98. The standard InChI is InChI=1S/C22H24BrN3O3S/c1-13(2)11-26-21(28)16-10-15(23)6-7-17(16)25-22(26)30-12-20(27)24-18-9-14(3)5-8-19(18)29-4/h5-10,13H,11-12H2,1-4H3,(H,24,27). The molecule has 158 valence electrons. The highest BCUT2D eigenvalue weighted by molar-refractivity contribution is 9.10. The number of aryl methyl sites for hydroxylation is 1. The number of ether oxygens (including phenoxy) is 1. The molecule has 30 heavy (non-hydrogen) atoms. The predicted octanol–water partition coefficient (Wildman–Crippen LogP) is 4.86. The van der Waals surface area contributed by atoms with Crippen LogP contribution < -0.4 is 15.6 Å². The number of benzene rings is 2. The molecule has 0 bridgehead atoms. The number of amides is 1. The number of carbonyl (C=O) groups is 1. The van der Waals surface area contributed by atoms with Crippen molar-refractivity contribution in [3.8, 4) is 5.75 Å². The first-order valence-electron chi connectivity index (χ1n) is 9.56. The third kappa shape index (κ3) is 5.23. The summed E-state index contributed by atoms with van der Waals surface area (Å²) in [6.45, 7) is 6.57. The third-order valence-corrected chi connectivity index (χ3v) is 5.86. The maximum absolute atomic E-state index is 13.1. The molecule has 0 atom stereocenters. The van der Waals surface area contributed by atoms with Gasteiger partial charge in [-0.3, -0.25) is 14.2 Å². The molecular weight excluding hydrogens is 466 g/mol. The SMILES string of the molecule is COc1ccc(C)cc1NC(=O)CSc1nc2ccc(Br)cc2c(=O)n1CC(C)C. The molecule has 0 aliphatic carbocycles. The summed E-state index contributed by atoms with van der Waals surface area (Å²) in [5.74, 6) is 0.804. The summed E-state index contributed by atoms with van der Waals surface area (Å²) in [6, 6.07) is 11.1. The van der Waals surface area contributed by atoms with Gasteiger partial charge >= 0.3 is 0 Å². The highest BCUT2D eigenvalue weighted by atomic mass is 79.9. The van der Waals surface area contributed by atoms with Gasteiger partial charge in [0, 0.05) is 11.0 Å². The Morgan fingerprint density at radius 2 is 2.03 bits per heavy atom. The molecule has 6 nitrogen and oxygen atoms in total. The van der Waals surface area contributed by atoms with Crippen molar-refractivity contribution in [2.75, 3.05) is 18.2 Å². The van der Waals surface area contributed by atoms with Gasteiger partial charge in [0.25, 0.3) is 5.56 Å². The molecule has 0 saturated heterocycles. The zero-order valence-electron chi connectivity index (χ0n) is 17.4. The van der Waals surface area contributed by atoms with E-state index >= 15 is 0 Å². The number of hydrogen-bond acceptors (Lipinski definition) is 5. The van der Waals surface area contributed by atoms with Crippen molar-refractivity contribution in [3.63, 3.8) is 0 Å². The fourth-order valence-corrected chi connectivity index (χ4v) is 4.21. The van der Waals surface area contributed by atoms with Crippen molar-refractivity contribution in [2.45, 2.75) is 32.5 Å². The summed E-state index contributed by atoms with van der Waals surface area (Å²) < 4.78 is 7.81.